The smallest absolute Gasteiger partial charge is 0.171 e. The molecule has 664 valence electrons. The largest absolute Gasteiger partial charge is 0.309 e. The summed E-state index contributed by atoms with van der Waals surface area (Å²) in [5.41, 5.74) is 28.8. The summed E-state index contributed by atoms with van der Waals surface area (Å²) in [4.78, 5) is 20.7. The van der Waals surface area contributed by atoms with E-state index in [9.17, 15) is 4.57 Å². The molecule has 8 nitrogen and oxygen atoms in total. The number of fused-ring (bicyclic) bond motifs is 15. The van der Waals surface area contributed by atoms with Crippen molar-refractivity contribution >= 4 is 143 Å². The van der Waals surface area contributed by atoms with Crippen LogP contribution in [0.5, 0.6) is 0 Å². The van der Waals surface area contributed by atoms with E-state index in [1.165, 1.54) is 98.4 Å². The van der Waals surface area contributed by atoms with Crippen molar-refractivity contribution in [3.63, 3.8) is 0 Å². The van der Waals surface area contributed by atoms with E-state index < -0.39 is 7.14 Å². The Morgan fingerprint density at radius 2 is 0.518 bits per heavy atom. The number of pyridine rings is 1. The lowest BCUT2D eigenvalue weighted by Gasteiger charge is -2.20. The molecule has 5 heterocycles. The van der Waals surface area contributed by atoms with E-state index in [1.807, 2.05) is 84.9 Å². The molecule has 0 N–H and O–H groups in total. The fourth-order valence-electron chi connectivity index (χ4n) is 21.2. The summed E-state index contributed by atoms with van der Waals surface area (Å²) >= 11 is 0. The molecule has 0 spiro atoms. The number of aromatic nitrogens is 7. The molecule has 0 saturated carbocycles. The van der Waals surface area contributed by atoms with Crippen LogP contribution in [0.25, 0.3) is 226 Å². The number of imidazole rings is 1. The molecule has 0 aliphatic carbocycles. The van der Waals surface area contributed by atoms with Gasteiger partial charge in [-0.25, -0.2) is 19.9 Å². The van der Waals surface area contributed by atoms with Crippen LogP contribution in [0.4, 0.5) is 0 Å². The van der Waals surface area contributed by atoms with E-state index in [-0.39, 0.29) is 0 Å². The van der Waals surface area contributed by atoms with Gasteiger partial charge in [0.25, 0.3) is 0 Å². The van der Waals surface area contributed by atoms with Gasteiger partial charge in [0.15, 0.2) is 13.0 Å². The monoisotopic (exact) mass is 1820 g/mol. The topological polar surface area (TPSA) is 83.4 Å². The van der Waals surface area contributed by atoms with Crippen LogP contribution >= 0.6 is 7.14 Å². The summed E-state index contributed by atoms with van der Waals surface area (Å²) in [7, 11) is -3.06. The third-order valence-electron chi connectivity index (χ3n) is 27.8. The van der Waals surface area contributed by atoms with Crippen LogP contribution in [0.2, 0.25) is 0 Å². The molecule has 9 heteroatoms. The van der Waals surface area contributed by atoms with Gasteiger partial charge < -0.3 is 13.7 Å². The maximum absolute atomic E-state index is 15.0. The van der Waals surface area contributed by atoms with Gasteiger partial charge in [0.1, 0.15) is 5.82 Å². The van der Waals surface area contributed by atoms with E-state index in [1.54, 1.807) is 0 Å². The second-order valence-electron chi connectivity index (χ2n) is 36.0. The zero-order valence-corrected chi connectivity index (χ0v) is 78.2. The first-order chi connectivity index (χ1) is 69.8. The number of para-hydroxylation sites is 6. The lowest BCUT2D eigenvalue weighted by atomic mass is 9.85. The maximum atomic E-state index is 15.0. The van der Waals surface area contributed by atoms with E-state index in [4.69, 9.17) is 19.9 Å². The van der Waals surface area contributed by atoms with Crippen molar-refractivity contribution in [1.82, 2.24) is 33.6 Å². The Morgan fingerprint density at radius 1 is 0.206 bits per heavy atom. The molecule has 0 fully saturated rings. The Bertz CT molecular complexity index is 9090. The first kappa shape index (κ1) is 84.7. The summed E-state index contributed by atoms with van der Waals surface area (Å²) in [6.45, 7) is 2.17. The molecule has 22 aromatic carbocycles. The molecule has 0 radical (unpaired) electrons. The highest BCUT2D eigenvalue weighted by Gasteiger charge is 2.31. The van der Waals surface area contributed by atoms with Gasteiger partial charge in [-0.05, 0) is 155 Å². The van der Waals surface area contributed by atoms with Crippen molar-refractivity contribution in [3.8, 4) is 107 Å². The van der Waals surface area contributed by atoms with Gasteiger partial charge in [-0.1, -0.05) is 450 Å². The molecular formula is C132H90N7OP. The molecule has 5 aromatic heterocycles. The van der Waals surface area contributed by atoms with E-state index in [0.29, 0.717) is 5.82 Å². The van der Waals surface area contributed by atoms with Gasteiger partial charge in [-0.2, -0.15) is 0 Å². The fraction of sp³-hybridized carbons (Fsp3) is 0.0152. The zero-order chi connectivity index (χ0) is 93.9. The number of benzene rings is 22. The Hall–Kier alpha value is -18.1. The second-order valence-corrected chi connectivity index (χ2v) is 38.7. The van der Waals surface area contributed by atoms with Crippen LogP contribution in [0.15, 0.2) is 516 Å². The highest BCUT2D eigenvalue weighted by molar-refractivity contribution is 7.85. The van der Waals surface area contributed by atoms with Crippen LogP contribution in [-0.4, -0.2) is 33.6 Å². The molecule has 141 heavy (non-hydrogen) atoms. The minimum atomic E-state index is -3.06. The molecule has 0 unspecified atom stereocenters. The number of nitrogens with zero attached hydrogens (tertiary/aromatic N) is 7. The Labute approximate surface area is 816 Å². The number of hydrogen-bond donors (Lipinski definition) is 0. The molecule has 0 bridgehead atoms. The third kappa shape index (κ3) is 15.3. The number of aryl methyl sites for hydroxylation is 1. The van der Waals surface area contributed by atoms with Gasteiger partial charge in [-0.3, -0.25) is 4.57 Å². The first-order valence-corrected chi connectivity index (χ1v) is 49.8. The lowest BCUT2D eigenvalue weighted by molar-refractivity contribution is 0.592. The Morgan fingerprint density at radius 3 is 0.943 bits per heavy atom. The van der Waals surface area contributed by atoms with Crippen LogP contribution in [0, 0.1) is 0 Å². The molecule has 0 saturated heterocycles. The van der Waals surface area contributed by atoms with Crippen LogP contribution < -0.4 is 15.9 Å². The lowest BCUT2D eigenvalue weighted by Crippen LogP contribution is -2.24. The van der Waals surface area contributed by atoms with E-state index >= 15 is 0 Å². The van der Waals surface area contributed by atoms with Crippen LogP contribution in [0.3, 0.4) is 0 Å². The quantitative estimate of drug-likeness (QED) is 0.0580. The van der Waals surface area contributed by atoms with Crippen molar-refractivity contribution in [2.24, 2.45) is 0 Å². The average molecular weight is 1820 g/mol. The predicted octanol–water partition coefficient (Wildman–Crippen LogP) is 33.2. The molecule has 0 amide bonds. The second kappa shape index (κ2) is 36.2. The highest BCUT2D eigenvalue weighted by Crippen LogP contribution is 2.49. The minimum absolute atomic E-state index is 0.686. The van der Waals surface area contributed by atoms with Crippen molar-refractivity contribution in [2.75, 3.05) is 0 Å². The molecular weight excluding hydrogens is 1730 g/mol. The predicted molar refractivity (Wildman–Crippen MR) is 593 cm³/mol. The summed E-state index contributed by atoms with van der Waals surface area (Å²) in [5, 5.41) is 19.3. The van der Waals surface area contributed by atoms with Gasteiger partial charge in [0.05, 0.1) is 55.5 Å². The molecule has 27 aromatic rings. The van der Waals surface area contributed by atoms with Crippen LogP contribution in [-0.2, 0) is 11.0 Å². The zero-order valence-electron chi connectivity index (χ0n) is 77.3. The summed E-state index contributed by atoms with van der Waals surface area (Å²) in [5.74, 6) is 1.76. The standard InChI is InChI=1S/C52H34N4.C41H30N2.C39H26NOP/c1-3-15-35(16-4-1)36-27-29-37(30-28-36)46-34-47(54-52(53-46)38-17-5-2-6-18-38)39-31-40(55-48-23-11-7-19-42(48)43-20-8-12-24-49(43)55)33-41(32-39)56-50-25-13-9-21-44(50)45-22-10-14-26-51(45)56;1-2-39-42-37-18-10-11-19-38(37)43(39)32-26-24-31(25-27-32)41-35-16-8-6-14-33(35)40(34-15-7-9-17-36(34)41)30-22-20-29(21-23-30)28-12-4-3-5-13-28;41-42(30-13-3-1-4-14-30,31-15-5-2-6-16-31)32-23-19-29(20-24-32)37-35-25-21-27-11-7-9-17-33(27)38(35)40-39-34-18-10-8-12-28(34)22-26-36(37)39/h1-34H;3-27H,2H2,1H3;1-26H. The van der Waals surface area contributed by atoms with Crippen molar-refractivity contribution < 1.29 is 4.57 Å². The maximum Gasteiger partial charge on any atom is 0.171 e. The van der Waals surface area contributed by atoms with Gasteiger partial charge in [0.2, 0.25) is 0 Å². The van der Waals surface area contributed by atoms with Crippen molar-refractivity contribution in [3.05, 3.63) is 521 Å². The van der Waals surface area contributed by atoms with E-state index in [2.05, 4.69) is 451 Å². The van der Waals surface area contributed by atoms with Crippen molar-refractivity contribution in [1.29, 1.82) is 0 Å². The van der Waals surface area contributed by atoms with Gasteiger partial charge in [0, 0.05) is 105 Å². The van der Waals surface area contributed by atoms with E-state index in [0.717, 1.165) is 150 Å². The fourth-order valence-corrected chi connectivity index (χ4v) is 23.8. The first-order valence-electron chi connectivity index (χ1n) is 48.1. The molecule has 27 rings (SSSR count). The Balaban J connectivity index is 0.000000113. The highest BCUT2D eigenvalue weighted by atomic mass is 31.2. The SMILES string of the molecule is CCc1nc2ccccc2n1-c1ccc(-c2c3ccccc3c(-c3ccc(-c4ccccc4)cc3)c3ccccc23)cc1.O=P(c1ccccc1)(c1ccccc1)c1ccc(-c2c3ccc4ccccc4c3nc3c2ccc2ccccc23)cc1.c1ccc(-c2ccc(-c3cc(-c4cc(-n5c6ccccc6c6ccccc65)cc(-n5c6ccccc6c6ccccc65)c4)nc(-c4ccccc4)n3)cc2)cc1. The number of hydrogen-bond acceptors (Lipinski definition) is 5. The normalized spacial score (nSPS) is 11.6. The Kier molecular flexibility index (Phi) is 21.7. The van der Waals surface area contributed by atoms with Crippen LogP contribution in [0.1, 0.15) is 12.7 Å². The minimum Gasteiger partial charge on any atom is -0.309 e. The molecule has 0 atom stereocenters. The summed E-state index contributed by atoms with van der Waals surface area (Å²) < 4.78 is 22.1. The summed E-state index contributed by atoms with van der Waals surface area (Å²) in [6.07, 6.45) is 0.875. The van der Waals surface area contributed by atoms with Gasteiger partial charge in [-0.15, -0.1) is 0 Å². The molecule has 0 aliphatic rings. The van der Waals surface area contributed by atoms with Gasteiger partial charge >= 0.3 is 0 Å². The summed E-state index contributed by atoms with van der Waals surface area (Å²) in [6, 6.07) is 182. The average Bonchev–Trinajstić information content (AvgIpc) is 1.73. The van der Waals surface area contributed by atoms with Crippen molar-refractivity contribution in [2.45, 2.75) is 13.3 Å². The molecule has 0 aliphatic heterocycles. The third-order valence-corrected chi connectivity index (χ3v) is 30.9. The number of rotatable bonds is 15.